The van der Waals surface area contributed by atoms with Gasteiger partial charge in [0.2, 0.25) is 11.2 Å². The van der Waals surface area contributed by atoms with Crippen molar-refractivity contribution in [1.29, 1.82) is 0 Å². The molecule has 0 amide bonds. The number of nitrogens with zero attached hydrogens (tertiary/aromatic N) is 1. The third kappa shape index (κ3) is 5.08. The van der Waals surface area contributed by atoms with E-state index in [2.05, 4.69) is 0 Å². The summed E-state index contributed by atoms with van der Waals surface area (Å²) in [6, 6.07) is 24.1. The molecular formula is C30H24F3NO4. The fourth-order valence-corrected chi connectivity index (χ4v) is 4.41. The quantitative estimate of drug-likeness (QED) is 0.241. The predicted octanol–water partition coefficient (Wildman–Crippen LogP) is 7.49. The Bertz CT molecular complexity index is 1660. The van der Waals surface area contributed by atoms with E-state index in [9.17, 15) is 23.1 Å². The summed E-state index contributed by atoms with van der Waals surface area (Å²) >= 11 is 0. The van der Waals surface area contributed by atoms with Crippen LogP contribution in [0.2, 0.25) is 0 Å². The van der Waals surface area contributed by atoms with E-state index in [-0.39, 0.29) is 34.6 Å². The van der Waals surface area contributed by atoms with Gasteiger partial charge < -0.3 is 14.3 Å². The second-order valence-electron chi connectivity index (χ2n) is 8.93. The summed E-state index contributed by atoms with van der Waals surface area (Å²) in [6.07, 6.45) is -5.02. The number of halogens is 3. The molecule has 0 aliphatic carbocycles. The Balaban J connectivity index is 1.60. The zero-order valence-corrected chi connectivity index (χ0v) is 20.5. The van der Waals surface area contributed by atoms with Crippen LogP contribution in [0.5, 0.6) is 17.2 Å². The summed E-state index contributed by atoms with van der Waals surface area (Å²) in [5, 5.41) is 12.1. The van der Waals surface area contributed by atoms with Crippen molar-refractivity contribution >= 4 is 21.7 Å². The number of phenolic OH excluding ortho intramolecular Hbond substituents is 1. The van der Waals surface area contributed by atoms with Gasteiger partial charge in [0.25, 0.3) is 5.76 Å². The third-order valence-corrected chi connectivity index (χ3v) is 6.37. The highest BCUT2D eigenvalue weighted by Crippen LogP contribution is 2.40. The van der Waals surface area contributed by atoms with Gasteiger partial charge in [0.05, 0.1) is 10.9 Å². The molecule has 0 atom stereocenters. The van der Waals surface area contributed by atoms with Crippen molar-refractivity contribution in [1.82, 2.24) is 4.90 Å². The van der Waals surface area contributed by atoms with Gasteiger partial charge in [-0.2, -0.15) is 13.2 Å². The molecule has 5 rings (SSSR count). The van der Waals surface area contributed by atoms with Crippen molar-refractivity contribution < 1.29 is 27.4 Å². The van der Waals surface area contributed by atoms with Crippen molar-refractivity contribution in [2.24, 2.45) is 0 Å². The second-order valence-corrected chi connectivity index (χ2v) is 8.93. The molecule has 0 aliphatic rings. The lowest BCUT2D eigenvalue weighted by molar-refractivity contribution is -0.154. The molecule has 5 nitrogen and oxygen atoms in total. The average Bonchev–Trinajstić information content (AvgIpc) is 2.91. The number of hydrogen-bond donors (Lipinski definition) is 1. The first-order chi connectivity index (χ1) is 18.2. The van der Waals surface area contributed by atoms with Gasteiger partial charge >= 0.3 is 6.18 Å². The van der Waals surface area contributed by atoms with Crippen LogP contribution in [0.3, 0.4) is 0 Å². The SMILES string of the molecule is CCN(Cc1ccccc1)Cc1c(O)ccc2c(=O)c(Oc3ccc4ccccc4c3)c(C(F)(F)F)oc12. The van der Waals surface area contributed by atoms with Gasteiger partial charge in [-0.15, -0.1) is 0 Å². The summed E-state index contributed by atoms with van der Waals surface area (Å²) in [7, 11) is 0. The van der Waals surface area contributed by atoms with Crippen molar-refractivity contribution in [2.75, 3.05) is 6.54 Å². The van der Waals surface area contributed by atoms with Crippen molar-refractivity contribution in [3.63, 3.8) is 0 Å². The summed E-state index contributed by atoms with van der Waals surface area (Å²) in [5.74, 6) is -2.70. The van der Waals surface area contributed by atoms with Crippen molar-refractivity contribution in [2.45, 2.75) is 26.2 Å². The lowest BCUT2D eigenvalue weighted by atomic mass is 10.1. The monoisotopic (exact) mass is 519 g/mol. The molecule has 0 spiro atoms. The Morgan fingerprint density at radius 2 is 1.61 bits per heavy atom. The zero-order valence-electron chi connectivity index (χ0n) is 20.5. The Morgan fingerprint density at radius 1 is 0.895 bits per heavy atom. The molecule has 0 saturated heterocycles. The molecule has 5 aromatic rings. The number of alkyl halides is 3. The molecule has 0 unspecified atom stereocenters. The molecule has 0 saturated carbocycles. The molecule has 1 N–H and O–H groups in total. The van der Waals surface area contributed by atoms with E-state index in [1.165, 1.54) is 18.2 Å². The summed E-state index contributed by atoms with van der Waals surface area (Å²) < 4.78 is 53.4. The number of benzene rings is 4. The van der Waals surface area contributed by atoms with E-state index in [0.717, 1.165) is 16.3 Å². The van der Waals surface area contributed by atoms with Crippen molar-refractivity contribution in [3.8, 4) is 17.2 Å². The first-order valence-corrected chi connectivity index (χ1v) is 12.1. The van der Waals surface area contributed by atoms with Gasteiger partial charge in [-0.1, -0.05) is 67.6 Å². The largest absolute Gasteiger partial charge is 0.507 e. The molecule has 4 aromatic carbocycles. The topological polar surface area (TPSA) is 62.9 Å². The predicted molar refractivity (Wildman–Crippen MR) is 139 cm³/mol. The van der Waals surface area contributed by atoms with Gasteiger partial charge in [-0.25, -0.2) is 0 Å². The van der Waals surface area contributed by atoms with E-state index in [4.69, 9.17) is 9.15 Å². The van der Waals surface area contributed by atoms with Crippen LogP contribution in [0, 0.1) is 0 Å². The molecule has 38 heavy (non-hydrogen) atoms. The minimum Gasteiger partial charge on any atom is -0.507 e. The fraction of sp³-hybridized carbons (Fsp3) is 0.167. The van der Waals surface area contributed by atoms with E-state index >= 15 is 0 Å². The maximum atomic E-state index is 14.2. The Labute approximate surface area is 216 Å². The Morgan fingerprint density at radius 3 is 2.32 bits per heavy atom. The van der Waals surface area contributed by atoms with Crippen molar-refractivity contribution in [3.05, 3.63) is 112 Å². The van der Waals surface area contributed by atoms with Gasteiger partial charge in [0.1, 0.15) is 17.1 Å². The van der Waals surface area contributed by atoms with Crippen LogP contribution < -0.4 is 10.2 Å². The maximum absolute atomic E-state index is 14.2. The first kappa shape index (κ1) is 25.4. The van der Waals surface area contributed by atoms with E-state index < -0.39 is 23.1 Å². The van der Waals surface area contributed by atoms with Crippen LogP contribution in [0.25, 0.3) is 21.7 Å². The summed E-state index contributed by atoms with van der Waals surface area (Å²) in [5.41, 5.74) is -0.198. The molecule has 1 heterocycles. The van der Waals surface area contributed by atoms with Gasteiger partial charge in [0, 0.05) is 13.1 Å². The number of ether oxygens (including phenoxy) is 1. The minimum absolute atomic E-state index is 0.0691. The van der Waals surface area contributed by atoms with Crippen LogP contribution >= 0.6 is 0 Å². The molecular weight excluding hydrogens is 495 g/mol. The normalized spacial score (nSPS) is 11.9. The summed E-state index contributed by atoms with van der Waals surface area (Å²) in [6.45, 7) is 3.01. The highest BCUT2D eigenvalue weighted by atomic mass is 19.4. The number of fused-ring (bicyclic) bond motifs is 2. The lowest BCUT2D eigenvalue weighted by Gasteiger charge is -2.22. The molecule has 1 aromatic heterocycles. The van der Waals surface area contributed by atoms with Gasteiger partial charge in [-0.3, -0.25) is 9.69 Å². The van der Waals surface area contributed by atoms with Gasteiger partial charge in [-0.05, 0) is 47.1 Å². The standard InChI is InChI=1S/C30H24F3NO4/c1-2-34(17-19-8-4-3-5-9-19)18-24-25(35)15-14-23-26(36)28(29(30(31,32)33)38-27(23)24)37-22-13-12-20-10-6-7-11-21(20)16-22/h3-16,35H,2,17-18H2,1H3. The number of rotatable bonds is 7. The highest BCUT2D eigenvalue weighted by molar-refractivity contribution is 5.85. The van der Waals surface area contributed by atoms with Crippen LogP contribution in [0.1, 0.15) is 23.8 Å². The minimum atomic E-state index is -5.02. The Hall–Kier alpha value is -4.30. The highest BCUT2D eigenvalue weighted by Gasteiger charge is 2.41. The maximum Gasteiger partial charge on any atom is 0.453 e. The second kappa shape index (κ2) is 10.2. The lowest BCUT2D eigenvalue weighted by Crippen LogP contribution is -2.23. The van der Waals surface area contributed by atoms with E-state index in [1.807, 2.05) is 54.3 Å². The Kier molecular flexibility index (Phi) is 6.82. The average molecular weight is 520 g/mol. The van der Waals surface area contributed by atoms with Crippen LogP contribution in [0.15, 0.2) is 94.1 Å². The summed E-state index contributed by atoms with van der Waals surface area (Å²) in [4.78, 5) is 15.3. The smallest absolute Gasteiger partial charge is 0.453 e. The fourth-order valence-electron chi connectivity index (χ4n) is 4.41. The van der Waals surface area contributed by atoms with Crippen LogP contribution in [0.4, 0.5) is 13.2 Å². The van der Waals surface area contributed by atoms with Gasteiger partial charge in [0.15, 0.2) is 0 Å². The zero-order chi connectivity index (χ0) is 26.9. The molecule has 194 valence electrons. The molecule has 8 heteroatoms. The van der Waals surface area contributed by atoms with E-state index in [1.54, 1.807) is 24.3 Å². The molecule has 0 fully saturated rings. The molecule has 0 radical (unpaired) electrons. The molecule has 0 aliphatic heterocycles. The number of aromatic hydroxyl groups is 1. The first-order valence-electron chi connectivity index (χ1n) is 12.1. The van der Waals surface area contributed by atoms with E-state index in [0.29, 0.717) is 13.1 Å². The van der Waals surface area contributed by atoms with Crippen LogP contribution in [-0.4, -0.2) is 16.6 Å². The number of phenols is 1. The van der Waals surface area contributed by atoms with Crippen LogP contribution in [-0.2, 0) is 19.3 Å². The number of hydrogen-bond acceptors (Lipinski definition) is 5. The molecule has 0 bridgehead atoms. The third-order valence-electron chi connectivity index (χ3n) is 6.37.